The molecule has 1 fully saturated rings. The predicted molar refractivity (Wildman–Crippen MR) is 81.5 cm³/mol. The van der Waals surface area contributed by atoms with E-state index < -0.39 is 11.8 Å². The first-order valence-electron chi connectivity index (χ1n) is 7.72. The highest BCUT2D eigenvalue weighted by atomic mass is 19.1. The van der Waals surface area contributed by atoms with Crippen LogP contribution in [0.4, 0.5) is 4.39 Å². The van der Waals surface area contributed by atoms with Crippen LogP contribution in [0.1, 0.15) is 60.7 Å². The molecule has 1 saturated carbocycles. The standard InChI is InChI=1S/C17H22FNO3/c1-4-10(2)11(3)19(13-6-7-13)16(20)14-8-5-12(17(21)22)9-15(14)18/h5,8-11,13H,4,6-7H2,1-3H3,(H,21,22). The molecule has 1 aliphatic rings. The van der Waals surface area contributed by atoms with Crippen molar-refractivity contribution in [2.24, 2.45) is 5.92 Å². The molecule has 1 aromatic rings. The van der Waals surface area contributed by atoms with Gasteiger partial charge in [-0.2, -0.15) is 0 Å². The molecule has 0 aliphatic heterocycles. The summed E-state index contributed by atoms with van der Waals surface area (Å²) in [4.78, 5) is 25.4. The Morgan fingerprint density at radius 1 is 1.36 bits per heavy atom. The van der Waals surface area contributed by atoms with Gasteiger partial charge in [0, 0.05) is 12.1 Å². The van der Waals surface area contributed by atoms with Gasteiger partial charge in [-0.25, -0.2) is 9.18 Å². The molecule has 4 nitrogen and oxygen atoms in total. The van der Waals surface area contributed by atoms with Gasteiger partial charge in [-0.05, 0) is 43.9 Å². The Bertz CT molecular complexity index is 583. The van der Waals surface area contributed by atoms with Crippen LogP contribution < -0.4 is 0 Å². The summed E-state index contributed by atoms with van der Waals surface area (Å²) in [7, 11) is 0. The molecule has 0 saturated heterocycles. The average Bonchev–Trinajstić information content (AvgIpc) is 3.30. The van der Waals surface area contributed by atoms with Crippen LogP contribution in [0.15, 0.2) is 18.2 Å². The predicted octanol–water partition coefficient (Wildman–Crippen LogP) is 3.56. The second-order valence-electron chi connectivity index (χ2n) is 6.07. The van der Waals surface area contributed by atoms with Crippen LogP contribution in [0.25, 0.3) is 0 Å². The first kappa shape index (κ1) is 16.5. The maximum absolute atomic E-state index is 14.1. The summed E-state index contributed by atoms with van der Waals surface area (Å²) >= 11 is 0. The number of halogens is 1. The summed E-state index contributed by atoms with van der Waals surface area (Å²) in [5, 5.41) is 8.88. The van der Waals surface area contributed by atoms with Crippen molar-refractivity contribution in [3.63, 3.8) is 0 Å². The lowest BCUT2D eigenvalue weighted by molar-refractivity contribution is 0.0608. The van der Waals surface area contributed by atoms with Gasteiger partial charge >= 0.3 is 5.97 Å². The largest absolute Gasteiger partial charge is 0.478 e. The van der Waals surface area contributed by atoms with Gasteiger partial charge in [-0.1, -0.05) is 20.3 Å². The van der Waals surface area contributed by atoms with Crippen LogP contribution in [0.3, 0.4) is 0 Å². The molecule has 0 spiro atoms. The molecule has 0 radical (unpaired) electrons. The van der Waals surface area contributed by atoms with Crippen molar-refractivity contribution in [2.45, 2.75) is 52.1 Å². The van der Waals surface area contributed by atoms with E-state index in [-0.39, 0.29) is 29.1 Å². The molecule has 120 valence electrons. The lowest BCUT2D eigenvalue weighted by Gasteiger charge is -2.33. The number of carboxylic acid groups (broad SMARTS) is 1. The number of amides is 1. The normalized spacial score (nSPS) is 16.9. The average molecular weight is 307 g/mol. The fraction of sp³-hybridized carbons (Fsp3) is 0.529. The zero-order valence-electron chi connectivity index (χ0n) is 13.2. The molecule has 2 atom stereocenters. The number of carboxylic acids is 1. The fourth-order valence-electron chi connectivity index (χ4n) is 2.61. The molecule has 22 heavy (non-hydrogen) atoms. The molecule has 2 unspecified atom stereocenters. The lowest BCUT2D eigenvalue weighted by Crippen LogP contribution is -2.44. The number of nitrogens with zero attached hydrogens (tertiary/aromatic N) is 1. The third kappa shape index (κ3) is 3.29. The zero-order valence-corrected chi connectivity index (χ0v) is 13.2. The number of carbonyl (C=O) groups excluding carboxylic acids is 1. The molecule has 0 heterocycles. The third-order valence-corrected chi connectivity index (χ3v) is 4.53. The van der Waals surface area contributed by atoms with Gasteiger partial charge in [0.15, 0.2) is 0 Å². The topological polar surface area (TPSA) is 57.6 Å². The van der Waals surface area contributed by atoms with Gasteiger partial charge in [-0.15, -0.1) is 0 Å². The van der Waals surface area contributed by atoms with Crippen LogP contribution in [0.5, 0.6) is 0 Å². The minimum Gasteiger partial charge on any atom is -0.478 e. The monoisotopic (exact) mass is 307 g/mol. The van der Waals surface area contributed by atoms with Gasteiger partial charge in [-0.3, -0.25) is 4.79 Å². The summed E-state index contributed by atoms with van der Waals surface area (Å²) in [5.74, 6) is -1.99. The van der Waals surface area contributed by atoms with Gasteiger partial charge in [0.2, 0.25) is 0 Å². The number of aromatic carboxylic acids is 1. The van der Waals surface area contributed by atoms with E-state index in [4.69, 9.17) is 5.11 Å². The van der Waals surface area contributed by atoms with Crippen molar-refractivity contribution in [1.82, 2.24) is 4.90 Å². The summed E-state index contributed by atoms with van der Waals surface area (Å²) in [5.41, 5.74) is -0.200. The molecule has 1 amide bonds. The van der Waals surface area contributed by atoms with E-state index in [1.165, 1.54) is 12.1 Å². The van der Waals surface area contributed by atoms with E-state index in [1.807, 2.05) is 6.92 Å². The van der Waals surface area contributed by atoms with Gasteiger partial charge in [0.1, 0.15) is 5.82 Å². The van der Waals surface area contributed by atoms with Crippen molar-refractivity contribution in [1.29, 1.82) is 0 Å². The minimum absolute atomic E-state index is 0.0311. The fourth-order valence-corrected chi connectivity index (χ4v) is 2.61. The Balaban J connectivity index is 2.29. The Kier molecular flexibility index (Phi) is 4.84. The molecule has 1 aliphatic carbocycles. The highest BCUT2D eigenvalue weighted by Crippen LogP contribution is 2.33. The van der Waals surface area contributed by atoms with Crippen molar-refractivity contribution in [3.05, 3.63) is 35.1 Å². The maximum Gasteiger partial charge on any atom is 0.335 e. The highest BCUT2D eigenvalue weighted by molar-refractivity contribution is 5.96. The molecular weight excluding hydrogens is 285 g/mol. The lowest BCUT2D eigenvalue weighted by atomic mass is 9.98. The van der Waals surface area contributed by atoms with Crippen molar-refractivity contribution in [3.8, 4) is 0 Å². The first-order chi connectivity index (χ1) is 10.4. The molecular formula is C17H22FNO3. The molecule has 0 bridgehead atoms. The van der Waals surface area contributed by atoms with E-state index >= 15 is 0 Å². The number of rotatable bonds is 6. The Morgan fingerprint density at radius 3 is 2.45 bits per heavy atom. The number of hydrogen-bond acceptors (Lipinski definition) is 2. The summed E-state index contributed by atoms with van der Waals surface area (Å²) in [6.45, 7) is 6.14. The van der Waals surface area contributed by atoms with Crippen molar-refractivity contribution < 1.29 is 19.1 Å². The summed E-state index contributed by atoms with van der Waals surface area (Å²) < 4.78 is 14.1. The second kappa shape index (κ2) is 6.46. The van der Waals surface area contributed by atoms with Crippen LogP contribution >= 0.6 is 0 Å². The molecule has 1 aromatic carbocycles. The Morgan fingerprint density at radius 2 is 2.00 bits per heavy atom. The quantitative estimate of drug-likeness (QED) is 0.874. The SMILES string of the molecule is CCC(C)C(C)N(C(=O)c1ccc(C(=O)O)cc1F)C1CC1. The zero-order chi connectivity index (χ0) is 16.4. The number of hydrogen-bond donors (Lipinski definition) is 1. The van der Waals surface area contributed by atoms with Crippen LogP contribution in [-0.2, 0) is 0 Å². The van der Waals surface area contributed by atoms with Crippen LogP contribution in [0, 0.1) is 11.7 Å². The van der Waals surface area contributed by atoms with Gasteiger partial charge in [0.25, 0.3) is 5.91 Å². The molecule has 5 heteroatoms. The highest BCUT2D eigenvalue weighted by Gasteiger charge is 2.38. The van der Waals surface area contributed by atoms with Crippen molar-refractivity contribution >= 4 is 11.9 Å². The van der Waals surface area contributed by atoms with E-state index in [9.17, 15) is 14.0 Å². The summed E-state index contributed by atoms with van der Waals surface area (Å²) in [6.07, 6.45) is 2.83. The minimum atomic E-state index is -1.20. The van der Waals surface area contributed by atoms with Gasteiger partial charge < -0.3 is 10.0 Å². The maximum atomic E-state index is 14.1. The molecule has 0 aromatic heterocycles. The number of benzene rings is 1. The summed E-state index contributed by atoms with van der Waals surface area (Å²) in [6, 6.07) is 3.67. The van der Waals surface area contributed by atoms with Crippen molar-refractivity contribution in [2.75, 3.05) is 0 Å². The first-order valence-corrected chi connectivity index (χ1v) is 7.72. The third-order valence-electron chi connectivity index (χ3n) is 4.53. The number of carbonyl (C=O) groups is 2. The Hall–Kier alpha value is -1.91. The van der Waals surface area contributed by atoms with E-state index in [0.29, 0.717) is 5.92 Å². The van der Waals surface area contributed by atoms with Crippen LogP contribution in [0.2, 0.25) is 0 Å². The smallest absolute Gasteiger partial charge is 0.335 e. The van der Waals surface area contributed by atoms with E-state index in [0.717, 1.165) is 25.3 Å². The van der Waals surface area contributed by atoms with Crippen LogP contribution in [-0.4, -0.2) is 34.0 Å². The Labute approximate surface area is 129 Å². The molecule has 1 N–H and O–H groups in total. The van der Waals surface area contributed by atoms with E-state index in [1.54, 1.807) is 4.90 Å². The van der Waals surface area contributed by atoms with E-state index in [2.05, 4.69) is 13.8 Å². The molecule has 2 rings (SSSR count). The second-order valence-corrected chi connectivity index (χ2v) is 6.07. The van der Waals surface area contributed by atoms with Gasteiger partial charge in [0.05, 0.1) is 11.1 Å².